The van der Waals surface area contributed by atoms with Gasteiger partial charge in [-0.25, -0.2) is 4.98 Å². The maximum Gasteiger partial charge on any atom is 0.136 e. The minimum atomic E-state index is 1.00. The van der Waals surface area contributed by atoms with Crippen LogP contribution in [-0.2, 0) is 0 Å². The van der Waals surface area contributed by atoms with Gasteiger partial charge in [0.25, 0.3) is 0 Å². The van der Waals surface area contributed by atoms with E-state index in [9.17, 15) is 0 Å². The van der Waals surface area contributed by atoms with Gasteiger partial charge < -0.3 is 4.57 Å². The molecular weight excluding hydrogens is 184 g/mol. The smallest absolute Gasteiger partial charge is 0.136 e. The molecular formula is C13H16N2. The molecule has 0 unspecified atom stereocenters. The van der Waals surface area contributed by atoms with Crippen molar-refractivity contribution in [2.24, 2.45) is 0 Å². The molecule has 2 aromatic rings. The number of hydrogen-bond acceptors (Lipinski definition) is 1. The van der Waals surface area contributed by atoms with Crippen molar-refractivity contribution in [3.63, 3.8) is 0 Å². The van der Waals surface area contributed by atoms with Gasteiger partial charge in [-0.05, 0) is 51.0 Å². The number of aryl methyl sites for hydroxylation is 3. The van der Waals surface area contributed by atoms with Crippen molar-refractivity contribution >= 4 is 0 Å². The van der Waals surface area contributed by atoms with E-state index in [1.807, 2.05) is 6.20 Å². The van der Waals surface area contributed by atoms with E-state index in [4.69, 9.17) is 0 Å². The van der Waals surface area contributed by atoms with Crippen LogP contribution in [0, 0.1) is 27.7 Å². The van der Waals surface area contributed by atoms with E-state index in [-0.39, 0.29) is 0 Å². The van der Waals surface area contributed by atoms with Crippen LogP contribution in [0.25, 0.3) is 5.82 Å². The zero-order chi connectivity index (χ0) is 11.0. The van der Waals surface area contributed by atoms with Gasteiger partial charge in [0.2, 0.25) is 0 Å². The first-order chi connectivity index (χ1) is 7.09. The Morgan fingerprint density at radius 1 is 1.07 bits per heavy atom. The molecule has 2 heteroatoms. The van der Waals surface area contributed by atoms with Crippen LogP contribution in [0.4, 0.5) is 0 Å². The monoisotopic (exact) mass is 200 g/mol. The molecule has 2 nitrogen and oxygen atoms in total. The molecule has 2 aromatic heterocycles. The van der Waals surface area contributed by atoms with Crippen molar-refractivity contribution in [1.82, 2.24) is 9.55 Å². The summed E-state index contributed by atoms with van der Waals surface area (Å²) >= 11 is 0. The van der Waals surface area contributed by atoms with Gasteiger partial charge in [-0.3, -0.25) is 0 Å². The third-order valence-corrected chi connectivity index (χ3v) is 2.81. The second-order valence-electron chi connectivity index (χ2n) is 4.08. The summed E-state index contributed by atoms with van der Waals surface area (Å²) in [5.41, 5.74) is 5.01. The summed E-state index contributed by atoms with van der Waals surface area (Å²) in [5.74, 6) is 1.00. The Kier molecular flexibility index (Phi) is 2.35. The predicted molar refractivity (Wildman–Crippen MR) is 62.5 cm³/mol. The summed E-state index contributed by atoms with van der Waals surface area (Å²) < 4.78 is 2.19. The molecule has 2 rings (SSSR count). The maximum absolute atomic E-state index is 4.45. The number of rotatable bonds is 1. The summed E-state index contributed by atoms with van der Waals surface area (Å²) in [6.07, 6.45) is 1.91. The molecule has 78 valence electrons. The molecule has 0 aliphatic rings. The summed E-state index contributed by atoms with van der Waals surface area (Å²) in [6.45, 7) is 8.43. The lowest BCUT2D eigenvalue weighted by Gasteiger charge is -2.08. The number of hydrogen-bond donors (Lipinski definition) is 0. The Balaban J connectivity index is 2.58. The lowest BCUT2D eigenvalue weighted by Crippen LogP contribution is -2.01. The van der Waals surface area contributed by atoms with Crippen LogP contribution in [0.3, 0.4) is 0 Å². The first kappa shape index (κ1) is 9.97. The number of aromatic nitrogens is 2. The van der Waals surface area contributed by atoms with E-state index >= 15 is 0 Å². The van der Waals surface area contributed by atoms with Crippen LogP contribution in [-0.4, -0.2) is 9.55 Å². The average molecular weight is 200 g/mol. The van der Waals surface area contributed by atoms with Crippen LogP contribution in [0.1, 0.15) is 22.5 Å². The summed E-state index contributed by atoms with van der Waals surface area (Å²) in [4.78, 5) is 4.45. The Morgan fingerprint density at radius 2 is 1.80 bits per heavy atom. The quantitative estimate of drug-likeness (QED) is 0.691. The molecule has 0 aromatic carbocycles. The third-order valence-electron chi connectivity index (χ3n) is 2.81. The zero-order valence-corrected chi connectivity index (χ0v) is 9.70. The molecule has 0 atom stereocenters. The van der Waals surface area contributed by atoms with E-state index in [1.165, 1.54) is 22.5 Å². The largest absolute Gasteiger partial charge is 0.303 e. The van der Waals surface area contributed by atoms with Gasteiger partial charge in [0.15, 0.2) is 0 Å². The molecule has 0 bridgehead atoms. The van der Waals surface area contributed by atoms with Gasteiger partial charge >= 0.3 is 0 Å². The normalized spacial score (nSPS) is 10.7. The lowest BCUT2D eigenvalue weighted by atomic mass is 10.3. The average Bonchev–Trinajstić information content (AvgIpc) is 2.44. The lowest BCUT2D eigenvalue weighted by molar-refractivity contribution is 0.915. The highest BCUT2D eigenvalue weighted by atomic mass is 15.1. The van der Waals surface area contributed by atoms with E-state index in [0.29, 0.717) is 0 Å². The van der Waals surface area contributed by atoms with Crippen molar-refractivity contribution < 1.29 is 0 Å². The highest BCUT2D eigenvalue weighted by molar-refractivity contribution is 5.36. The standard InChI is InChI=1S/C13H16N2/c1-9-5-6-13(14-8-9)15-11(3)7-10(2)12(15)4/h5-8H,1-4H3. The molecule has 0 saturated carbocycles. The Morgan fingerprint density at radius 3 is 2.27 bits per heavy atom. The third kappa shape index (κ3) is 1.67. The van der Waals surface area contributed by atoms with E-state index < -0.39 is 0 Å². The fourth-order valence-corrected chi connectivity index (χ4v) is 1.87. The second-order valence-corrected chi connectivity index (χ2v) is 4.08. The van der Waals surface area contributed by atoms with E-state index in [0.717, 1.165) is 5.82 Å². The van der Waals surface area contributed by atoms with Crippen LogP contribution < -0.4 is 0 Å². The minimum absolute atomic E-state index is 1.00. The van der Waals surface area contributed by atoms with Crippen LogP contribution in [0.5, 0.6) is 0 Å². The molecule has 0 saturated heterocycles. The fourth-order valence-electron chi connectivity index (χ4n) is 1.87. The minimum Gasteiger partial charge on any atom is -0.303 e. The highest BCUT2D eigenvalue weighted by Gasteiger charge is 2.07. The number of pyridine rings is 1. The van der Waals surface area contributed by atoms with Gasteiger partial charge in [0.1, 0.15) is 5.82 Å². The second kappa shape index (κ2) is 3.54. The first-order valence-corrected chi connectivity index (χ1v) is 5.18. The molecule has 2 heterocycles. The summed E-state index contributed by atoms with van der Waals surface area (Å²) in [7, 11) is 0. The molecule has 0 aliphatic carbocycles. The van der Waals surface area contributed by atoms with Gasteiger partial charge in [0.05, 0.1) is 0 Å². The van der Waals surface area contributed by atoms with E-state index in [1.54, 1.807) is 0 Å². The van der Waals surface area contributed by atoms with Gasteiger partial charge in [-0.15, -0.1) is 0 Å². The van der Waals surface area contributed by atoms with Gasteiger partial charge in [-0.1, -0.05) is 6.07 Å². The van der Waals surface area contributed by atoms with Crippen LogP contribution >= 0.6 is 0 Å². The van der Waals surface area contributed by atoms with Crippen molar-refractivity contribution in [3.8, 4) is 5.82 Å². The van der Waals surface area contributed by atoms with Crippen LogP contribution in [0.2, 0.25) is 0 Å². The molecule has 0 amide bonds. The van der Waals surface area contributed by atoms with E-state index in [2.05, 4.69) is 55.4 Å². The molecule has 0 fully saturated rings. The van der Waals surface area contributed by atoms with Crippen molar-refractivity contribution in [3.05, 3.63) is 46.9 Å². The van der Waals surface area contributed by atoms with Crippen molar-refractivity contribution in [1.29, 1.82) is 0 Å². The molecule has 0 N–H and O–H groups in total. The highest BCUT2D eigenvalue weighted by Crippen LogP contribution is 2.18. The molecule has 15 heavy (non-hydrogen) atoms. The fraction of sp³-hybridized carbons (Fsp3) is 0.308. The van der Waals surface area contributed by atoms with Gasteiger partial charge in [-0.2, -0.15) is 0 Å². The molecule has 0 aliphatic heterocycles. The Hall–Kier alpha value is -1.57. The first-order valence-electron chi connectivity index (χ1n) is 5.18. The molecule has 0 radical (unpaired) electrons. The Labute approximate surface area is 90.6 Å². The molecule has 0 spiro atoms. The zero-order valence-electron chi connectivity index (χ0n) is 9.70. The predicted octanol–water partition coefficient (Wildman–Crippen LogP) is 3.11. The summed E-state index contributed by atoms with van der Waals surface area (Å²) in [5, 5.41) is 0. The SMILES string of the molecule is Cc1ccc(-n2c(C)cc(C)c2C)nc1. The maximum atomic E-state index is 4.45. The van der Waals surface area contributed by atoms with Gasteiger partial charge in [0, 0.05) is 17.6 Å². The topological polar surface area (TPSA) is 17.8 Å². The van der Waals surface area contributed by atoms with Crippen LogP contribution in [0.15, 0.2) is 24.4 Å². The summed E-state index contributed by atoms with van der Waals surface area (Å²) in [6, 6.07) is 6.35. The van der Waals surface area contributed by atoms with Crippen molar-refractivity contribution in [2.75, 3.05) is 0 Å². The Bertz CT molecular complexity index is 478. The van der Waals surface area contributed by atoms with Crippen molar-refractivity contribution in [2.45, 2.75) is 27.7 Å². The number of nitrogens with zero attached hydrogens (tertiary/aromatic N) is 2.